The summed E-state index contributed by atoms with van der Waals surface area (Å²) in [6.45, 7) is 4.09. The summed E-state index contributed by atoms with van der Waals surface area (Å²) in [5.41, 5.74) is 0.477. The first kappa shape index (κ1) is 15.3. The van der Waals surface area contributed by atoms with Gasteiger partial charge in [0.05, 0.1) is 32.4 Å². The van der Waals surface area contributed by atoms with Crippen molar-refractivity contribution in [1.82, 2.24) is 5.32 Å². The summed E-state index contributed by atoms with van der Waals surface area (Å²) in [5.74, 6) is 1.51. The van der Waals surface area contributed by atoms with Crippen molar-refractivity contribution in [2.45, 2.75) is 20.0 Å². The summed E-state index contributed by atoms with van der Waals surface area (Å²) >= 11 is 0. The van der Waals surface area contributed by atoms with Gasteiger partial charge in [0.15, 0.2) is 17.3 Å². The van der Waals surface area contributed by atoms with Crippen LogP contribution in [0.25, 0.3) is 0 Å². The SMILES string of the molecule is CNCC(=O)c1cc(OC)c(OC(C)C)cc1OC. The summed E-state index contributed by atoms with van der Waals surface area (Å²) in [5, 5.41) is 2.82. The van der Waals surface area contributed by atoms with Crippen LogP contribution >= 0.6 is 0 Å². The van der Waals surface area contributed by atoms with Crippen molar-refractivity contribution in [3.05, 3.63) is 17.7 Å². The van der Waals surface area contributed by atoms with Gasteiger partial charge in [0.1, 0.15) is 5.75 Å². The van der Waals surface area contributed by atoms with Gasteiger partial charge in [-0.15, -0.1) is 0 Å². The molecule has 1 aromatic carbocycles. The van der Waals surface area contributed by atoms with Crippen LogP contribution in [-0.2, 0) is 0 Å². The van der Waals surface area contributed by atoms with E-state index in [1.54, 1.807) is 26.3 Å². The third kappa shape index (κ3) is 3.86. The van der Waals surface area contributed by atoms with E-state index >= 15 is 0 Å². The average Bonchev–Trinajstić information content (AvgIpc) is 2.37. The van der Waals surface area contributed by atoms with Crippen molar-refractivity contribution in [2.75, 3.05) is 27.8 Å². The minimum Gasteiger partial charge on any atom is -0.496 e. The highest BCUT2D eigenvalue weighted by Crippen LogP contribution is 2.35. The molecule has 5 heteroatoms. The molecule has 1 aromatic rings. The van der Waals surface area contributed by atoms with E-state index in [1.165, 1.54) is 7.11 Å². The monoisotopic (exact) mass is 267 g/mol. The third-order valence-corrected chi connectivity index (χ3v) is 2.49. The number of rotatable bonds is 7. The molecule has 0 spiro atoms. The molecular weight excluding hydrogens is 246 g/mol. The number of ketones is 1. The van der Waals surface area contributed by atoms with Crippen molar-refractivity contribution in [3.63, 3.8) is 0 Å². The largest absolute Gasteiger partial charge is 0.496 e. The molecule has 0 aliphatic rings. The van der Waals surface area contributed by atoms with Crippen molar-refractivity contribution in [1.29, 1.82) is 0 Å². The maximum Gasteiger partial charge on any atom is 0.180 e. The number of benzene rings is 1. The van der Waals surface area contributed by atoms with Gasteiger partial charge in [-0.1, -0.05) is 0 Å². The van der Waals surface area contributed by atoms with Gasteiger partial charge in [0.25, 0.3) is 0 Å². The number of likely N-dealkylation sites (N-methyl/N-ethyl adjacent to an activating group) is 1. The highest BCUT2D eigenvalue weighted by atomic mass is 16.5. The standard InChI is InChI=1S/C14H21NO4/c1-9(2)19-14-7-12(17-4)10(6-13(14)18-5)11(16)8-15-3/h6-7,9,15H,8H2,1-5H3. The van der Waals surface area contributed by atoms with Crippen molar-refractivity contribution >= 4 is 5.78 Å². The Bertz CT molecular complexity index is 443. The van der Waals surface area contributed by atoms with Gasteiger partial charge >= 0.3 is 0 Å². The summed E-state index contributed by atoms with van der Waals surface area (Å²) in [6, 6.07) is 3.33. The topological polar surface area (TPSA) is 56.8 Å². The lowest BCUT2D eigenvalue weighted by Crippen LogP contribution is -2.19. The van der Waals surface area contributed by atoms with Crippen molar-refractivity contribution in [2.24, 2.45) is 0 Å². The fourth-order valence-electron chi connectivity index (χ4n) is 1.69. The molecule has 0 atom stereocenters. The van der Waals surface area contributed by atoms with Gasteiger partial charge in [-0.3, -0.25) is 4.79 Å². The van der Waals surface area contributed by atoms with Crippen molar-refractivity contribution < 1.29 is 19.0 Å². The van der Waals surface area contributed by atoms with Gasteiger partial charge in [-0.25, -0.2) is 0 Å². The smallest absolute Gasteiger partial charge is 0.180 e. The molecule has 0 aromatic heterocycles. The van der Waals surface area contributed by atoms with E-state index in [0.717, 1.165) is 0 Å². The lowest BCUT2D eigenvalue weighted by atomic mass is 10.1. The Morgan fingerprint density at radius 3 is 2.26 bits per heavy atom. The van der Waals surface area contributed by atoms with E-state index < -0.39 is 0 Å². The van der Waals surface area contributed by atoms with Crippen LogP contribution in [0.2, 0.25) is 0 Å². The van der Waals surface area contributed by atoms with E-state index in [2.05, 4.69) is 5.32 Å². The number of nitrogens with one attached hydrogen (secondary N) is 1. The number of hydrogen-bond donors (Lipinski definition) is 1. The predicted molar refractivity (Wildman–Crippen MR) is 73.6 cm³/mol. The number of hydrogen-bond acceptors (Lipinski definition) is 5. The first-order valence-electron chi connectivity index (χ1n) is 6.14. The van der Waals surface area contributed by atoms with Crippen LogP contribution in [-0.4, -0.2) is 39.7 Å². The predicted octanol–water partition coefficient (Wildman–Crippen LogP) is 1.89. The molecule has 0 unspecified atom stereocenters. The van der Waals surface area contributed by atoms with E-state index in [0.29, 0.717) is 22.8 Å². The van der Waals surface area contributed by atoms with Crippen LogP contribution in [0.5, 0.6) is 17.2 Å². The number of carbonyl (C=O) groups excluding carboxylic acids is 1. The van der Waals surface area contributed by atoms with Crippen LogP contribution < -0.4 is 19.5 Å². The molecule has 106 valence electrons. The third-order valence-electron chi connectivity index (χ3n) is 2.49. The van der Waals surface area contributed by atoms with Crippen LogP contribution in [0, 0.1) is 0 Å². The lowest BCUT2D eigenvalue weighted by molar-refractivity contribution is 0.0990. The Balaban J connectivity index is 3.22. The molecule has 0 amide bonds. The van der Waals surface area contributed by atoms with Crippen LogP contribution in [0.4, 0.5) is 0 Å². The molecule has 0 aliphatic heterocycles. The van der Waals surface area contributed by atoms with Crippen molar-refractivity contribution in [3.8, 4) is 17.2 Å². The average molecular weight is 267 g/mol. The van der Waals surface area contributed by atoms with E-state index in [9.17, 15) is 4.79 Å². The molecule has 5 nitrogen and oxygen atoms in total. The fraction of sp³-hybridized carbons (Fsp3) is 0.500. The van der Waals surface area contributed by atoms with Gasteiger partial charge < -0.3 is 19.5 Å². The van der Waals surface area contributed by atoms with Gasteiger partial charge in [-0.2, -0.15) is 0 Å². The molecule has 0 fully saturated rings. The zero-order chi connectivity index (χ0) is 14.4. The molecule has 0 heterocycles. The Morgan fingerprint density at radius 1 is 1.16 bits per heavy atom. The minimum atomic E-state index is -0.0613. The summed E-state index contributed by atoms with van der Waals surface area (Å²) < 4.78 is 16.2. The number of carbonyl (C=O) groups is 1. The molecule has 1 rings (SSSR count). The highest BCUT2D eigenvalue weighted by Gasteiger charge is 2.17. The molecule has 0 bridgehead atoms. The lowest BCUT2D eigenvalue weighted by Gasteiger charge is -2.16. The zero-order valence-corrected chi connectivity index (χ0v) is 12.1. The van der Waals surface area contributed by atoms with Gasteiger partial charge in [0.2, 0.25) is 0 Å². The second-order valence-corrected chi connectivity index (χ2v) is 4.32. The maximum atomic E-state index is 12.0. The minimum absolute atomic E-state index is 0.0115. The summed E-state index contributed by atoms with van der Waals surface area (Å²) in [6.07, 6.45) is 0.0115. The van der Waals surface area contributed by atoms with E-state index in [4.69, 9.17) is 14.2 Å². The normalized spacial score (nSPS) is 10.4. The summed E-state index contributed by atoms with van der Waals surface area (Å²) in [4.78, 5) is 12.0. The van der Waals surface area contributed by atoms with Gasteiger partial charge in [0, 0.05) is 6.07 Å². The highest BCUT2D eigenvalue weighted by molar-refractivity contribution is 6.00. The molecule has 19 heavy (non-hydrogen) atoms. The van der Waals surface area contributed by atoms with Crippen LogP contribution in [0.3, 0.4) is 0 Å². The molecule has 0 saturated carbocycles. The summed E-state index contributed by atoms with van der Waals surface area (Å²) in [7, 11) is 4.79. The first-order chi connectivity index (χ1) is 9.03. The Hall–Kier alpha value is -1.75. The quantitative estimate of drug-likeness (QED) is 0.765. The second kappa shape index (κ2) is 6.99. The molecule has 0 saturated heterocycles. The molecule has 1 N–H and O–H groups in total. The van der Waals surface area contributed by atoms with E-state index in [-0.39, 0.29) is 18.4 Å². The molecule has 0 radical (unpaired) electrons. The zero-order valence-electron chi connectivity index (χ0n) is 12.1. The van der Waals surface area contributed by atoms with E-state index in [1.807, 2.05) is 13.8 Å². The fourth-order valence-corrected chi connectivity index (χ4v) is 1.69. The number of ether oxygens (including phenoxy) is 3. The molecular formula is C14H21NO4. The van der Waals surface area contributed by atoms with Crippen LogP contribution in [0.1, 0.15) is 24.2 Å². The second-order valence-electron chi connectivity index (χ2n) is 4.32. The maximum absolute atomic E-state index is 12.0. The number of Topliss-reactive ketones (excluding diaryl/α,β-unsaturated/α-hetero) is 1. The Labute approximate surface area is 113 Å². The number of methoxy groups -OCH3 is 2. The Kier molecular flexibility index (Phi) is 5.63. The van der Waals surface area contributed by atoms with Gasteiger partial charge in [-0.05, 0) is 27.0 Å². The van der Waals surface area contributed by atoms with Crippen LogP contribution in [0.15, 0.2) is 12.1 Å². The first-order valence-corrected chi connectivity index (χ1v) is 6.14. The molecule has 0 aliphatic carbocycles. The Morgan fingerprint density at radius 2 is 1.79 bits per heavy atom.